The van der Waals surface area contributed by atoms with E-state index in [0.717, 1.165) is 6.54 Å². The highest BCUT2D eigenvalue weighted by Crippen LogP contribution is 2.80. The summed E-state index contributed by atoms with van der Waals surface area (Å²) in [6.45, 7) is 6.61. The quantitative estimate of drug-likeness (QED) is 0.423. The maximum atomic E-state index is 12.0. The van der Waals surface area contributed by atoms with Crippen LogP contribution in [0.4, 0.5) is 0 Å². The van der Waals surface area contributed by atoms with Crippen LogP contribution in [0, 0.1) is 34.5 Å². The predicted molar refractivity (Wildman–Crippen MR) is 129 cm³/mol. The summed E-state index contributed by atoms with van der Waals surface area (Å²) < 4.78 is 31.4. The summed E-state index contributed by atoms with van der Waals surface area (Å²) >= 11 is 0. The zero-order chi connectivity index (χ0) is 25.8. The zero-order valence-corrected chi connectivity index (χ0v) is 22.6. The van der Waals surface area contributed by atoms with E-state index in [-0.39, 0.29) is 41.9 Å². The second-order valence-corrected chi connectivity index (χ2v) is 12.4. The number of rotatable bonds is 8. The Labute approximate surface area is 214 Å². The molecule has 5 saturated carbocycles. The molecule has 9 nitrogen and oxygen atoms in total. The number of likely N-dealkylation sites (tertiary alicyclic amines) is 1. The van der Waals surface area contributed by atoms with E-state index in [2.05, 4.69) is 11.8 Å². The van der Waals surface area contributed by atoms with E-state index in [0.29, 0.717) is 39.0 Å². The van der Waals surface area contributed by atoms with Crippen molar-refractivity contribution in [3.8, 4) is 0 Å². The van der Waals surface area contributed by atoms with Crippen molar-refractivity contribution in [2.45, 2.75) is 80.9 Å². The van der Waals surface area contributed by atoms with Crippen LogP contribution < -0.4 is 0 Å². The monoisotopic (exact) mass is 511 g/mol. The number of nitrogens with zero attached hydrogens (tertiary/aromatic N) is 1. The van der Waals surface area contributed by atoms with E-state index in [4.69, 9.17) is 23.7 Å². The third kappa shape index (κ3) is 2.55. The largest absolute Gasteiger partial charge is 0.392 e. The fourth-order valence-electron chi connectivity index (χ4n) is 11.4. The van der Waals surface area contributed by atoms with E-state index >= 15 is 0 Å². The van der Waals surface area contributed by atoms with Gasteiger partial charge in [0.15, 0.2) is 0 Å². The molecule has 14 atom stereocenters. The molecule has 1 spiro atoms. The molecule has 9 heteroatoms. The molecule has 5 aliphatic carbocycles. The van der Waals surface area contributed by atoms with Crippen LogP contribution in [-0.2, 0) is 23.7 Å². The molecule has 0 aromatic carbocycles. The van der Waals surface area contributed by atoms with Gasteiger partial charge in [-0.25, -0.2) is 0 Å². The van der Waals surface area contributed by atoms with E-state index in [1.807, 2.05) is 6.92 Å². The Kier molecular flexibility index (Phi) is 5.98. The molecule has 6 fully saturated rings. The summed E-state index contributed by atoms with van der Waals surface area (Å²) in [5.41, 5.74) is -3.07. The van der Waals surface area contributed by atoms with Gasteiger partial charge in [-0.3, -0.25) is 4.90 Å². The van der Waals surface area contributed by atoms with Gasteiger partial charge in [0.1, 0.15) is 5.60 Å². The van der Waals surface area contributed by atoms with Gasteiger partial charge in [0.25, 0.3) is 0 Å². The summed E-state index contributed by atoms with van der Waals surface area (Å²) in [6.07, 6.45) is -1.18. The zero-order valence-electron chi connectivity index (χ0n) is 22.6. The Hall–Kier alpha value is -0.360. The molecule has 0 radical (unpaired) electrons. The van der Waals surface area contributed by atoms with Crippen LogP contribution in [0.3, 0.4) is 0 Å². The topological polar surface area (TPSA) is 110 Å². The molecule has 36 heavy (non-hydrogen) atoms. The van der Waals surface area contributed by atoms with Crippen LogP contribution in [0.2, 0.25) is 0 Å². The number of ether oxygens (including phenoxy) is 5. The first-order chi connectivity index (χ1) is 17.2. The molecule has 3 N–H and O–H groups in total. The fourth-order valence-corrected chi connectivity index (χ4v) is 11.4. The lowest BCUT2D eigenvalue weighted by molar-refractivity contribution is -0.305. The normalized spacial score (nSPS) is 58.9. The number of hydrogen-bond acceptors (Lipinski definition) is 9. The third-order valence-corrected chi connectivity index (χ3v) is 12.0. The van der Waals surface area contributed by atoms with Crippen molar-refractivity contribution in [2.75, 3.05) is 54.7 Å². The van der Waals surface area contributed by atoms with Crippen molar-refractivity contribution in [3.63, 3.8) is 0 Å². The summed E-state index contributed by atoms with van der Waals surface area (Å²) in [6, 6.07) is 0.0674. The molecule has 1 saturated heterocycles. The number of methoxy groups -OCH3 is 4. The van der Waals surface area contributed by atoms with Gasteiger partial charge in [-0.05, 0) is 25.8 Å². The van der Waals surface area contributed by atoms with Crippen molar-refractivity contribution in [1.29, 1.82) is 0 Å². The van der Waals surface area contributed by atoms with Gasteiger partial charge in [0.2, 0.25) is 0 Å². The van der Waals surface area contributed by atoms with Crippen LogP contribution in [0.5, 0.6) is 0 Å². The molecule has 206 valence electrons. The van der Waals surface area contributed by atoms with Crippen molar-refractivity contribution in [3.05, 3.63) is 0 Å². The molecule has 7 bridgehead atoms. The first-order valence-electron chi connectivity index (χ1n) is 13.8. The fraction of sp³-hybridized carbons (Fsp3) is 1.00. The minimum Gasteiger partial charge on any atom is -0.392 e. The Bertz CT molecular complexity index is 877. The number of aliphatic hydroxyl groups excluding tert-OH is 2. The number of hydrogen-bond donors (Lipinski definition) is 3. The minimum absolute atomic E-state index is 0.0649. The summed E-state index contributed by atoms with van der Waals surface area (Å²) in [4.78, 5) is 2.51. The molecule has 6 aliphatic rings. The molecule has 10 unspecified atom stereocenters. The first kappa shape index (κ1) is 25.9. The Morgan fingerprint density at radius 2 is 1.67 bits per heavy atom. The summed E-state index contributed by atoms with van der Waals surface area (Å²) in [5, 5.41) is 35.7. The van der Waals surface area contributed by atoms with Crippen LogP contribution in [0.15, 0.2) is 0 Å². The average molecular weight is 512 g/mol. The van der Waals surface area contributed by atoms with Gasteiger partial charge in [0.05, 0.1) is 42.7 Å². The van der Waals surface area contributed by atoms with E-state index < -0.39 is 40.3 Å². The van der Waals surface area contributed by atoms with Crippen LogP contribution >= 0.6 is 0 Å². The van der Waals surface area contributed by atoms with Gasteiger partial charge < -0.3 is 39.0 Å². The number of fused-ring (bicyclic) bond motifs is 2. The lowest BCUT2D eigenvalue weighted by Gasteiger charge is -2.70. The summed E-state index contributed by atoms with van der Waals surface area (Å²) in [5.74, 6) is -0.503. The molecule has 0 aromatic heterocycles. The van der Waals surface area contributed by atoms with Gasteiger partial charge in [0, 0.05) is 89.1 Å². The average Bonchev–Trinajstić information content (AvgIpc) is 3.21. The highest BCUT2D eigenvalue weighted by Gasteiger charge is 2.89. The second kappa shape index (κ2) is 8.32. The van der Waals surface area contributed by atoms with Crippen LogP contribution in [-0.4, -0.2) is 123 Å². The van der Waals surface area contributed by atoms with E-state index in [1.54, 1.807) is 28.4 Å². The van der Waals surface area contributed by atoms with E-state index in [1.165, 1.54) is 0 Å². The molecule has 0 amide bonds. The number of aliphatic hydroxyl groups is 3. The molecule has 1 heterocycles. The van der Waals surface area contributed by atoms with Crippen LogP contribution in [0.25, 0.3) is 0 Å². The lowest BCUT2D eigenvalue weighted by Crippen LogP contribution is -2.79. The van der Waals surface area contributed by atoms with Gasteiger partial charge >= 0.3 is 0 Å². The van der Waals surface area contributed by atoms with Crippen molar-refractivity contribution in [2.24, 2.45) is 34.5 Å². The number of piperidine rings is 1. The first-order valence-corrected chi connectivity index (χ1v) is 13.8. The second-order valence-electron chi connectivity index (χ2n) is 12.4. The smallest absolute Gasteiger partial charge is 0.117 e. The predicted octanol–water partition coefficient (Wildman–Crippen LogP) is 0.286. The van der Waals surface area contributed by atoms with Crippen LogP contribution in [0.1, 0.15) is 33.1 Å². The highest BCUT2D eigenvalue weighted by molar-refractivity contribution is 5.38. The summed E-state index contributed by atoms with van der Waals surface area (Å²) in [7, 11) is 6.85. The third-order valence-electron chi connectivity index (χ3n) is 12.0. The maximum absolute atomic E-state index is 12.0. The highest BCUT2D eigenvalue weighted by atomic mass is 16.5. The lowest BCUT2D eigenvalue weighted by atomic mass is 9.42. The molecular formula is C27H45NO8. The SMILES string of the molecule is CCO[C@]12CC(OC)[C@@]3(O)CC(C1C3O)C13C(OC)CC(O)[C@@]4(COC)CN(CC)[C@H]1C2C(OC)C34. The van der Waals surface area contributed by atoms with E-state index in [9.17, 15) is 15.3 Å². The Balaban J connectivity index is 1.68. The van der Waals surface area contributed by atoms with Gasteiger partial charge in [-0.15, -0.1) is 0 Å². The van der Waals surface area contributed by atoms with Crippen molar-refractivity contribution in [1.82, 2.24) is 4.90 Å². The van der Waals surface area contributed by atoms with Gasteiger partial charge in [-0.2, -0.15) is 0 Å². The Morgan fingerprint density at radius 3 is 2.25 bits per heavy atom. The van der Waals surface area contributed by atoms with Crippen molar-refractivity contribution < 1.29 is 39.0 Å². The molecule has 1 aliphatic heterocycles. The van der Waals surface area contributed by atoms with Crippen molar-refractivity contribution >= 4 is 0 Å². The molecule has 6 rings (SSSR count). The Morgan fingerprint density at radius 1 is 0.944 bits per heavy atom. The molecule has 0 aromatic rings. The maximum Gasteiger partial charge on any atom is 0.117 e. The molecular weight excluding hydrogens is 466 g/mol. The van der Waals surface area contributed by atoms with Gasteiger partial charge in [-0.1, -0.05) is 6.92 Å². The standard InChI is InChI=1S/C27H45NO8/c1-7-28-12-24(13-32-3)15(29)9-16(33-4)27-14-10-25(31)17(34-5)11-26(36-8-2,18(14)23(25)30)19(22(27)28)20(35-6)21(24)27/h14-23,29-31H,7-13H2,1-6H3/t14?,15?,16?,17?,18?,19?,20?,21?,22-,23?,24-,25-,26+,27?/m0/s1. The minimum atomic E-state index is -1.35.